The topological polar surface area (TPSA) is 61.8 Å². The van der Waals surface area contributed by atoms with Crippen LogP contribution in [0.3, 0.4) is 0 Å². The molecule has 21 heavy (non-hydrogen) atoms. The van der Waals surface area contributed by atoms with Crippen LogP contribution < -0.4 is 14.2 Å². The lowest BCUT2D eigenvalue weighted by molar-refractivity contribution is 0.0732. The van der Waals surface area contributed by atoms with Crippen molar-refractivity contribution < 1.29 is 23.8 Å². The van der Waals surface area contributed by atoms with E-state index in [0.717, 1.165) is 0 Å². The number of carbonyl (C=O) groups excluding carboxylic acids is 2. The van der Waals surface area contributed by atoms with Crippen molar-refractivity contribution in [1.82, 2.24) is 0 Å². The van der Waals surface area contributed by atoms with Gasteiger partial charge in [-0.2, -0.15) is 0 Å². The van der Waals surface area contributed by atoms with Crippen LogP contribution in [0, 0.1) is 0 Å². The minimum atomic E-state index is -0.596. The van der Waals surface area contributed by atoms with Crippen molar-refractivity contribution in [1.29, 1.82) is 0 Å². The van der Waals surface area contributed by atoms with E-state index >= 15 is 0 Å². The molecular weight excluding hydrogens is 272 g/mol. The molecule has 0 unspecified atom stereocenters. The van der Waals surface area contributed by atoms with E-state index in [1.807, 2.05) is 0 Å². The molecule has 0 saturated carbocycles. The van der Waals surface area contributed by atoms with Crippen molar-refractivity contribution >= 4 is 12.3 Å². The van der Waals surface area contributed by atoms with Crippen LogP contribution in [0.25, 0.3) is 0 Å². The van der Waals surface area contributed by atoms with Crippen molar-refractivity contribution in [2.24, 2.45) is 0 Å². The van der Waals surface area contributed by atoms with E-state index in [4.69, 9.17) is 14.2 Å². The van der Waals surface area contributed by atoms with Crippen molar-refractivity contribution in [2.45, 2.75) is 0 Å². The molecule has 0 spiro atoms. The molecule has 0 N–H and O–H groups in total. The maximum absolute atomic E-state index is 12.2. The Labute approximate surface area is 122 Å². The molecule has 0 bridgehead atoms. The average molecular weight is 286 g/mol. The van der Waals surface area contributed by atoms with E-state index in [1.165, 1.54) is 26.4 Å². The minimum Gasteiger partial charge on any atom is -0.497 e. The van der Waals surface area contributed by atoms with Crippen molar-refractivity contribution in [3.05, 3.63) is 53.6 Å². The highest BCUT2D eigenvalue weighted by molar-refractivity contribution is 5.93. The van der Waals surface area contributed by atoms with Crippen LogP contribution in [-0.2, 0) is 0 Å². The highest BCUT2D eigenvalue weighted by Crippen LogP contribution is 2.24. The first-order chi connectivity index (χ1) is 10.2. The second-order valence-corrected chi connectivity index (χ2v) is 4.15. The normalized spacial score (nSPS) is 9.81. The van der Waals surface area contributed by atoms with Gasteiger partial charge in [-0.25, -0.2) is 4.79 Å². The Hall–Kier alpha value is -2.82. The zero-order valence-electron chi connectivity index (χ0n) is 11.7. The summed E-state index contributed by atoms with van der Waals surface area (Å²) in [6, 6.07) is 11.2. The molecule has 0 fully saturated rings. The number of methoxy groups -OCH3 is 2. The molecule has 2 aromatic rings. The molecule has 2 aromatic carbocycles. The molecule has 0 aliphatic rings. The van der Waals surface area contributed by atoms with Gasteiger partial charge in [0, 0.05) is 6.07 Å². The molecule has 5 heteroatoms. The SMILES string of the molecule is COc1cc(OC)cc(C(=O)Oc2ccccc2C=O)c1. The van der Waals surface area contributed by atoms with Gasteiger partial charge < -0.3 is 14.2 Å². The van der Waals surface area contributed by atoms with E-state index in [9.17, 15) is 9.59 Å². The summed E-state index contributed by atoms with van der Waals surface area (Å²) in [5, 5.41) is 0. The van der Waals surface area contributed by atoms with Gasteiger partial charge in [0.2, 0.25) is 0 Å². The summed E-state index contributed by atoms with van der Waals surface area (Å²) in [7, 11) is 2.98. The van der Waals surface area contributed by atoms with Crippen LogP contribution in [-0.4, -0.2) is 26.5 Å². The van der Waals surface area contributed by atoms with Crippen LogP contribution in [0.5, 0.6) is 17.2 Å². The predicted molar refractivity (Wildman–Crippen MR) is 76.3 cm³/mol. The van der Waals surface area contributed by atoms with Gasteiger partial charge in [0.1, 0.15) is 17.2 Å². The molecule has 0 heterocycles. The van der Waals surface area contributed by atoms with Gasteiger partial charge in [0.05, 0.1) is 25.3 Å². The quantitative estimate of drug-likeness (QED) is 0.480. The van der Waals surface area contributed by atoms with Crippen LogP contribution in [0.2, 0.25) is 0 Å². The summed E-state index contributed by atoms with van der Waals surface area (Å²) in [4.78, 5) is 23.1. The smallest absolute Gasteiger partial charge is 0.343 e. The number of para-hydroxylation sites is 1. The van der Waals surface area contributed by atoms with E-state index in [2.05, 4.69) is 0 Å². The standard InChI is InChI=1S/C16H14O5/c1-19-13-7-12(8-14(9-13)20-2)16(18)21-15-6-4-3-5-11(15)10-17/h3-10H,1-2H3. The van der Waals surface area contributed by atoms with Gasteiger partial charge in [0.25, 0.3) is 0 Å². The van der Waals surface area contributed by atoms with E-state index in [1.54, 1.807) is 30.3 Å². The van der Waals surface area contributed by atoms with Gasteiger partial charge in [0.15, 0.2) is 6.29 Å². The molecule has 108 valence electrons. The van der Waals surface area contributed by atoms with E-state index < -0.39 is 5.97 Å². The van der Waals surface area contributed by atoms with Gasteiger partial charge in [-0.05, 0) is 24.3 Å². The number of esters is 1. The molecule has 5 nitrogen and oxygen atoms in total. The van der Waals surface area contributed by atoms with Gasteiger partial charge in [-0.15, -0.1) is 0 Å². The van der Waals surface area contributed by atoms with Crippen LogP contribution >= 0.6 is 0 Å². The fourth-order valence-electron chi connectivity index (χ4n) is 1.75. The van der Waals surface area contributed by atoms with Gasteiger partial charge in [-0.1, -0.05) is 12.1 Å². The molecule has 0 amide bonds. The average Bonchev–Trinajstić information content (AvgIpc) is 2.54. The van der Waals surface area contributed by atoms with Crippen LogP contribution in [0.15, 0.2) is 42.5 Å². The molecule has 2 rings (SSSR count). The van der Waals surface area contributed by atoms with Crippen LogP contribution in [0.4, 0.5) is 0 Å². The number of hydrogen-bond acceptors (Lipinski definition) is 5. The first kappa shape index (κ1) is 14.6. The fourth-order valence-corrected chi connectivity index (χ4v) is 1.75. The molecule has 0 radical (unpaired) electrons. The highest BCUT2D eigenvalue weighted by Gasteiger charge is 2.14. The third-order valence-electron chi connectivity index (χ3n) is 2.84. The second kappa shape index (κ2) is 6.56. The lowest BCUT2D eigenvalue weighted by Gasteiger charge is -2.09. The van der Waals surface area contributed by atoms with Crippen LogP contribution in [0.1, 0.15) is 20.7 Å². The molecule has 0 aromatic heterocycles. The summed E-state index contributed by atoms with van der Waals surface area (Å²) in [5.41, 5.74) is 0.576. The first-order valence-corrected chi connectivity index (χ1v) is 6.17. The predicted octanol–water partition coefficient (Wildman–Crippen LogP) is 2.74. The summed E-state index contributed by atoms with van der Waals surface area (Å²) >= 11 is 0. The van der Waals surface area contributed by atoms with Crippen molar-refractivity contribution in [3.8, 4) is 17.2 Å². The van der Waals surface area contributed by atoms with Gasteiger partial charge in [-0.3, -0.25) is 4.79 Å². The van der Waals surface area contributed by atoms with E-state index in [0.29, 0.717) is 23.3 Å². The Bertz CT molecular complexity index is 641. The molecule has 0 atom stereocenters. The van der Waals surface area contributed by atoms with Gasteiger partial charge >= 0.3 is 5.97 Å². The third-order valence-corrected chi connectivity index (χ3v) is 2.84. The van der Waals surface area contributed by atoms with Crippen molar-refractivity contribution in [3.63, 3.8) is 0 Å². The molecular formula is C16H14O5. The highest BCUT2D eigenvalue weighted by atomic mass is 16.5. The number of aldehydes is 1. The number of hydrogen-bond donors (Lipinski definition) is 0. The Morgan fingerprint density at radius 1 is 1.00 bits per heavy atom. The fraction of sp³-hybridized carbons (Fsp3) is 0.125. The minimum absolute atomic E-state index is 0.208. The zero-order chi connectivity index (χ0) is 15.2. The number of benzene rings is 2. The number of ether oxygens (including phenoxy) is 3. The van der Waals surface area contributed by atoms with Crippen molar-refractivity contribution in [2.75, 3.05) is 14.2 Å². The Balaban J connectivity index is 2.30. The lowest BCUT2D eigenvalue weighted by Crippen LogP contribution is -2.10. The Morgan fingerprint density at radius 3 is 2.19 bits per heavy atom. The second-order valence-electron chi connectivity index (χ2n) is 4.15. The zero-order valence-corrected chi connectivity index (χ0v) is 11.7. The summed E-state index contributed by atoms with van der Waals surface area (Å²) < 4.78 is 15.4. The maximum atomic E-state index is 12.2. The summed E-state index contributed by atoms with van der Waals surface area (Å²) in [5.74, 6) is 0.565. The third kappa shape index (κ3) is 3.39. The molecule has 0 saturated heterocycles. The number of carbonyl (C=O) groups is 2. The summed E-state index contributed by atoms with van der Waals surface area (Å²) in [6.07, 6.45) is 0.634. The molecule has 0 aliphatic heterocycles. The maximum Gasteiger partial charge on any atom is 0.343 e. The summed E-state index contributed by atoms with van der Waals surface area (Å²) in [6.45, 7) is 0. The monoisotopic (exact) mass is 286 g/mol. The number of rotatable bonds is 5. The first-order valence-electron chi connectivity index (χ1n) is 6.17. The molecule has 0 aliphatic carbocycles. The van der Waals surface area contributed by atoms with E-state index in [-0.39, 0.29) is 11.3 Å². The Kier molecular flexibility index (Phi) is 4.56. The Morgan fingerprint density at radius 2 is 1.62 bits per heavy atom. The lowest BCUT2D eigenvalue weighted by atomic mass is 10.2. The largest absolute Gasteiger partial charge is 0.497 e.